The van der Waals surface area contributed by atoms with Crippen molar-refractivity contribution in [2.75, 3.05) is 7.05 Å². The van der Waals surface area contributed by atoms with E-state index in [1.54, 1.807) is 11.3 Å². The van der Waals surface area contributed by atoms with Crippen LogP contribution in [-0.2, 0) is 0 Å². The Morgan fingerprint density at radius 2 is 1.68 bits per heavy atom. The Labute approximate surface area is 124 Å². The molecule has 1 heterocycles. The first-order chi connectivity index (χ1) is 9.04. The molecule has 102 valence electrons. The molecule has 1 N–H and O–H groups in total. The molecule has 3 heteroatoms. The van der Waals surface area contributed by atoms with Crippen LogP contribution in [-0.4, -0.2) is 7.05 Å². The van der Waals surface area contributed by atoms with Crippen molar-refractivity contribution in [1.29, 1.82) is 0 Å². The lowest BCUT2D eigenvalue weighted by Gasteiger charge is -2.17. The molecule has 19 heavy (non-hydrogen) atoms. The number of aryl methyl sites for hydroxylation is 1. The summed E-state index contributed by atoms with van der Waals surface area (Å²) in [4.78, 5) is 1.19. The Balaban J connectivity index is 2.34. The van der Waals surface area contributed by atoms with Gasteiger partial charge in [-0.25, -0.2) is 0 Å². The standard InChI is InChI=1S/C16H20ClNS/c1-10(2)12-5-7-13(8-6-12)15(18-4)16-14(17)11(3)9-19-16/h5-10,15,18H,1-4H3. The highest BCUT2D eigenvalue weighted by molar-refractivity contribution is 7.10. The number of benzene rings is 1. The van der Waals surface area contributed by atoms with E-state index in [1.165, 1.54) is 16.0 Å². The fourth-order valence-corrected chi connectivity index (χ4v) is 3.60. The molecule has 0 saturated carbocycles. The summed E-state index contributed by atoms with van der Waals surface area (Å²) in [7, 11) is 1.98. The average Bonchev–Trinajstić information content (AvgIpc) is 2.73. The molecular formula is C16H20ClNS. The minimum atomic E-state index is 0.174. The molecule has 2 rings (SSSR count). The van der Waals surface area contributed by atoms with Crippen LogP contribution in [0.3, 0.4) is 0 Å². The Bertz CT molecular complexity index is 542. The molecule has 1 aromatic heterocycles. The molecule has 2 aromatic rings. The van der Waals surface area contributed by atoms with Crippen molar-refractivity contribution >= 4 is 22.9 Å². The van der Waals surface area contributed by atoms with Gasteiger partial charge in [-0.2, -0.15) is 0 Å². The van der Waals surface area contributed by atoms with Gasteiger partial charge in [-0.15, -0.1) is 11.3 Å². The fraction of sp³-hybridized carbons (Fsp3) is 0.375. The van der Waals surface area contributed by atoms with Crippen LogP contribution in [0.25, 0.3) is 0 Å². The van der Waals surface area contributed by atoms with Gasteiger partial charge >= 0.3 is 0 Å². The first-order valence-electron chi connectivity index (χ1n) is 6.55. The molecule has 0 aliphatic carbocycles. The maximum absolute atomic E-state index is 6.38. The van der Waals surface area contributed by atoms with Crippen LogP contribution >= 0.6 is 22.9 Å². The zero-order chi connectivity index (χ0) is 14.0. The van der Waals surface area contributed by atoms with Crippen LogP contribution in [0, 0.1) is 6.92 Å². The Morgan fingerprint density at radius 1 is 1.11 bits per heavy atom. The number of halogens is 1. The molecule has 0 amide bonds. The van der Waals surface area contributed by atoms with Crippen molar-refractivity contribution in [1.82, 2.24) is 5.32 Å². The number of hydrogen-bond donors (Lipinski definition) is 1. The third kappa shape index (κ3) is 3.02. The molecule has 1 atom stereocenters. The molecule has 0 fully saturated rings. The zero-order valence-electron chi connectivity index (χ0n) is 11.8. The summed E-state index contributed by atoms with van der Waals surface area (Å²) in [5.74, 6) is 0.564. The van der Waals surface area contributed by atoms with Crippen molar-refractivity contribution in [2.45, 2.75) is 32.7 Å². The normalized spacial score (nSPS) is 12.9. The van der Waals surface area contributed by atoms with E-state index in [4.69, 9.17) is 11.6 Å². The molecule has 0 bridgehead atoms. The lowest BCUT2D eigenvalue weighted by atomic mass is 9.98. The molecule has 0 spiro atoms. The van der Waals surface area contributed by atoms with Crippen LogP contribution in [0.5, 0.6) is 0 Å². The SMILES string of the molecule is CNC(c1ccc(C(C)C)cc1)c1scc(C)c1Cl. The van der Waals surface area contributed by atoms with E-state index in [-0.39, 0.29) is 6.04 Å². The monoisotopic (exact) mass is 293 g/mol. The van der Waals surface area contributed by atoms with Crippen molar-refractivity contribution < 1.29 is 0 Å². The smallest absolute Gasteiger partial charge is 0.0683 e. The minimum absolute atomic E-state index is 0.174. The highest BCUT2D eigenvalue weighted by Crippen LogP contribution is 2.35. The van der Waals surface area contributed by atoms with E-state index in [2.05, 4.69) is 55.7 Å². The quantitative estimate of drug-likeness (QED) is 0.823. The predicted octanol–water partition coefficient (Wildman–Crippen LogP) is 5.14. The van der Waals surface area contributed by atoms with Gasteiger partial charge in [0.1, 0.15) is 0 Å². The highest BCUT2D eigenvalue weighted by Gasteiger charge is 2.18. The molecule has 0 aliphatic rings. The summed E-state index contributed by atoms with van der Waals surface area (Å²) in [5.41, 5.74) is 3.78. The van der Waals surface area contributed by atoms with Crippen LogP contribution in [0.15, 0.2) is 29.6 Å². The average molecular weight is 294 g/mol. The second-order valence-electron chi connectivity index (χ2n) is 5.14. The first-order valence-corrected chi connectivity index (χ1v) is 7.81. The van der Waals surface area contributed by atoms with Gasteiger partial charge in [0, 0.05) is 4.88 Å². The second kappa shape index (κ2) is 6.08. The van der Waals surface area contributed by atoms with Gasteiger partial charge in [0.05, 0.1) is 11.1 Å². The number of thiophene rings is 1. The summed E-state index contributed by atoms with van der Waals surface area (Å²) in [6.45, 7) is 6.48. The van der Waals surface area contributed by atoms with Gasteiger partial charge in [-0.1, -0.05) is 49.7 Å². The summed E-state index contributed by atoms with van der Waals surface area (Å²) in [6.07, 6.45) is 0. The van der Waals surface area contributed by atoms with Gasteiger partial charge in [0.15, 0.2) is 0 Å². The number of nitrogens with one attached hydrogen (secondary N) is 1. The van der Waals surface area contributed by atoms with E-state index in [0.29, 0.717) is 5.92 Å². The van der Waals surface area contributed by atoms with E-state index >= 15 is 0 Å². The topological polar surface area (TPSA) is 12.0 Å². The van der Waals surface area contributed by atoms with Gasteiger partial charge in [-0.3, -0.25) is 0 Å². The molecular weight excluding hydrogens is 274 g/mol. The summed E-state index contributed by atoms with van der Waals surface area (Å²) in [6, 6.07) is 8.98. The minimum Gasteiger partial charge on any atom is -0.309 e. The van der Waals surface area contributed by atoms with Crippen LogP contribution in [0.4, 0.5) is 0 Å². The molecule has 0 radical (unpaired) electrons. The summed E-state index contributed by atoms with van der Waals surface area (Å²) < 4.78 is 0. The molecule has 1 nitrogen and oxygen atoms in total. The lowest BCUT2D eigenvalue weighted by Crippen LogP contribution is -2.16. The van der Waals surface area contributed by atoms with Crippen molar-refractivity contribution in [3.63, 3.8) is 0 Å². The van der Waals surface area contributed by atoms with E-state index in [1.807, 2.05) is 7.05 Å². The van der Waals surface area contributed by atoms with Crippen molar-refractivity contribution in [3.05, 3.63) is 56.2 Å². The summed E-state index contributed by atoms with van der Waals surface area (Å²) >= 11 is 8.10. The van der Waals surface area contributed by atoms with Crippen LogP contribution in [0.2, 0.25) is 5.02 Å². The first kappa shape index (κ1) is 14.6. The molecule has 1 unspecified atom stereocenters. The van der Waals surface area contributed by atoms with E-state index < -0.39 is 0 Å². The van der Waals surface area contributed by atoms with E-state index in [0.717, 1.165) is 10.6 Å². The molecule has 0 saturated heterocycles. The van der Waals surface area contributed by atoms with Gasteiger partial charge in [0.25, 0.3) is 0 Å². The zero-order valence-corrected chi connectivity index (χ0v) is 13.4. The van der Waals surface area contributed by atoms with Crippen molar-refractivity contribution in [2.24, 2.45) is 0 Å². The Hall–Kier alpha value is -0.830. The van der Waals surface area contributed by atoms with E-state index in [9.17, 15) is 0 Å². The lowest BCUT2D eigenvalue weighted by molar-refractivity contribution is 0.702. The van der Waals surface area contributed by atoms with Gasteiger partial charge in [-0.05, 0) is 42.0 Å². The van der Waals surface area contributed by atoms with Crippen LogP contribution in [0.1, 0.15) is 47.4 Å². The second-order valence-corrected chi connectivity index (χ2v) is 6.43. The molecule has 1 aromatic carbocycles. The van der Waals surface area contributed by atoms with Crippen LogP contribution < -0.4 is 5.32 Å². The summed E-state index contributed by atoms with van der Waals surface area (Å²) in [5, 5.41) is 6.37. The predicted molar refractivity (Wildman–Crippen MR) is 85.5 cm³/mol. The Kier molecular flexibility index (Phi) is 4.67. The number of rotatable bonds is 4. The third-order valence-electron chi connectivity index (χ3n) is 3.41. The van der Waals surface area contributed by atoms with Gasteiger partial charge < -0.3 is 5.32 Å². The third-order valence-corrected chi connectivity index (χ3v) is 5.19. The maximum atomic E-state index is 6.38. The fourth-order valence-electron chi connectivity index (χ4n) is 2.17. The van der Waals surface area contributed by atoms with Crippen molar-refractivity contribution in [3.8, 4) is 0 Å². The van der Waals surface area contributed by atoms with Gasteiger partial charge in [0.2, 0.25) is 0 Å². The maximum Gasteiger partial charge on any atom is 0.0683 e. The largest absolute Gasteiger partial charge is 0.309 e. The Morgan fingerprint density at radius 3 is 2.11 bits per heavy atom. The molecule has 0 aliphatic heterocycles. The number of hydrogen-bond acceptors (Lipinski definition) is 2. The highest BCUT2D eigenvalue weighted by atomic mass is 35.5.